The molecule has 0 saturated carbocycles. The Morgan fingerprint density at radius 2 is 2.20 bits per heavy atom. The number of thioether (sulfide) groups is 1. The van der Waals surface area contributed by atoms with Crippen LogP contribution in [0.2, 0.25) is 0 Å². The van der Waals surface area contributed by atoms with Gasteiger partial charge in [0.15, 0.2) is 0 Å². The second-order valence-electron chi connectivity index (χ2n) is 5.44. The largest absolute Gasteiger partial charge is 0.349 e. The molecule has 1 rings (SSSR count). The summed E-state index contributed by atoms with van der Waals surface area (Å²) in [5, 5.41) is 6.37. The molecule has 0 aliphatic carbocycles. The van der Waals surface area contributed by atoms with Crippen LogP contribution >= 0.6 is 11.8 Å². The van der Waals surface area contributed by atoms with Gasteiger partial charge in [-0.1, -0.05) is 20.8 Å². The van der Waals surface area contributed by atoms with Gasteiger partial charge < -0.3 is 10.6 Å². The second kappa shape index (κ2) is 4.74. The summed E-state index contributed by atoms with van der Waals surface area (Å²) in [7, 11) is 0. The fraction of sp³-hybridized carbons (Fsp3) is 0.909. The first-order valence-electron chi connectivity index (χ1n) is 5.46. The molecule has 3 nitrogen and oxygen atoms in total. The molecule has 1 amide bonds. The molecule has 15 heavy (non-hydrogen) atoms. The van der Waals surface area contributed by atoms with Crippen LogP contribution in [0.5, 0.6) is 0 Å². The van der Waals surface area contributed by atoms with Crippen LogP contribution in [0.4, 0.5) is 0 Å². The van der Waals surface area contributed by atoms with Gasteiger partial charge in [0.25, 0.3) is 0 Å². The van der Waals surface area contributed by atoms with Gasteiger partial charge in [0.05, 0.1) is 11.3 Å². The van der Waals surface area contributed by atoms with E-state index in [1.807, 2.05) is 0 Å². The number of carbonyl (C=O) groups excluding carboxylic acids is 1. The lowest BCUT2D eigenvalue weighted by Crippen LogP contribution is -2.48. The van der Waals surface area contributed by atoms with Gasteiger partial charge in [-0.2, -0.15) is 0 Å². The average molecular weight is 230 g/mol. The third-order valence-electron chi connectivity index (χ3n) is 2.45. The van der Waals surface area contributed by atoms with E-state index in [0.29, 0.717) is 5.75 Å². The molecule has 1 aliphatic rings. The minimum atomic E-state index is -0.0322. The summed E-state index contributed by atoms with van der Waals surface area (Å²) in [6.45, 7) is 10.4. The van der Waals surface area contributed by atoms with Gasteiger partial charge in [-0.3, -0.25) is 4.79 Å². The summed E-state index contributed by atoms with van der Waals surface area (Å²) in [6, 6.07) is 0. The molecule has 0 spiro atoms. The molecule has 1 unspecified atom stereocenters. The fourth-order valence-corrected chi connectivity index (χ4v) is 2.21. The van der Waals surface area contributed by atoms with Gasteiger partial charge in [0, 0.05) is 11.3 Å². The first-order valence-corrected chi connectivity index (χ1v) is 6.45. The zero-order chi connectivity index (χ0) is 11.5. The molecule has 0 aromatic carbocycles. The number of rotatable bonds is 3. The first kappa shape index (κ1) is 12.8. The quantitative estimate of drug-likeness (QED) is 0.770. The van der Waals surface area contributed by atoms with E-state index in [9.17, 15) is 4.79 Å². The van der Waals surface area contributed by atoms with Crippen molar-refractivity contribution in [2.24, 2.45) is 0 Å². The van der Waals surface area contributed by atoms with E-state index in [4.69, 9.17) is 0 Å². The van der Waals surface area contributed by atoms with Crippen LogP contribution in [0.15, 0.2) is 0 Å². The zero-order valence-electron chi connectivity index (χ0n) is 10.1. The van der Waals surface area contributed by atoms with Crippen LogP contribution in [-0.4, -0.2) is 35.0 Å². The van der Waals surface area contributed by atoms with E-state index in [2.05, 4.69) is 38.3 Å². The first-order chi connectivity index (χ1) is 6.81. The van der Waals surface area contributed by atoms with E-state index < -0.39 is 0 Å². The Morgan fingerprint density at radius 1 is 1.53 bits per heavy atom. The van der Waals surface area contributed by atoms with Crippen molar-refractivity contribution in [1.29, 1.82) is 0 Å². The molecule has 88 valence electrons. The summed E-state index contributed by atoms with van der Waals surface area (Å²) in [4.78, 5) is 11.7. The van der Waals surface area contributed by atoms with Crippen molar-refractivity contribution in [2.45, 2.75) is 44.4 Å². The molecule has 2 N–H and O–H groups in total. The van der Waals surface area contributed by atoms with E-state index in [-0.39, 0.29) is 16.2 Å². The standard InChI is InChI=1S/C11H22N2OS/c1-10(2,3)15-7-9(14)13-11(4)5-6-12-8-11/h12H,5-8H2,1-4H3,(H,13,14). The lowest BCUT2D eigenvalue weighted by Gasteiger charge is -2.25. The molecule has 1 atom stereocenters. The molecule has 1 saturated heterocycles. The molecule has 0 radical (unpaired) electrons. The van der Waals surface area contributed by atoms with Crippen LogP contribution < -0.4 is 10.6 Å². The number of nitrogens with one attached hydrogen (secondary N) is 2. The Balaban J connectivity index is 2.30. The lowest BCUT2D eigenvalue weighted by atomic mass is 10.0. The molecule has 4 heteroatoms. The van der Waals surface area contributed by atoms with Crippen LogP contribution in [0, 0.1) is 0 Å². The topological polar surface area (TPSA) is 41.1 Å². The Hall–Kier alpha value is -0.220. The highest BCUT2D eigenvalue weighted by Gasteiger charge is 2.30. The van der Waals surface area contributed by atoms with Crippen LogP contribution in [-0.2, 0) is 4.79 Å². The van der Waals surface area contributed by atoms with Gasteiger partial charge in [0.1, 0.15) is 0 Å². The number of hydrogen-bond acceptors (Lipinski definition) is 3. The minimum Gasteiger partial charge on any atom is -0.349 e. The monoisotopic (exact) mass is 230 g/mol. The van der Waals surface area contributed by atoms with Crippen molar-refractivity contribution in [3.05, 3.63) is 0 Å². The van der Waals surface area contributed by atoms with E-state index in [0.717, 1.165) is 19.5 Å². The maximum absolute atomic E-state index is 11.7. The third-order valence-corrected chi connectivity index (χ3v) is 3.72. The number of amides is 1. The highest BCUT2D eigenvalue weighted by Crippen LogP contribution is 2.23. The van der Waals surface area contributed by atoms with Crippen molar-refractivity contribution in [1.82, 2.24) is 10.6 Å². The molecule has 1 heterocycles. The Kier molecular flexibility index (Phi) is 4.06. The molecule has 0 aromatic rings. The van der Waals surface area contributed by atoms with E-state index in [1.54, 1.807) is 11.8 Å². The molecule has 1 fully saturated rings. The van der Waals surface area contributed by atoms with Crippen LogP contribution in [0.3, 0.4) is 0 Å². The summed E-state index contributed by atoms with van der Waals surface area (Å²) in [5.41, 5.74) is -0.0322. The maximum atomic E-state index is 11.7. The van der Waals surface area contributed by atoms with Crippen LogP contribution in [0.25, 0.3) is 0 Å². The SMILES string of the molecule is CC1(NC(=O)CSC(C)(C)C)CCNC1. The van der Waals surface area contributed by atoms with Crippen LogP contribution in [0.1, 0.15) is 34.1 Å². The van der Waals surface area contributed by atoms with Gasteiger partial charge in [-0.15, -0.1) is 11.8 Å². The number of carbonyl (C=O) groups is 1. The fourth-order valence-electron chi connectivity index (χ4n) is 1.58. The Morgan fingerprint density at radius 3 is 2.67 bits per heavy atom. The number of hydrogen-bond donors (Lipinski definition) is 2. The minimum absolute atomic E-state index is 0.0322. The maximum Gasteiger partial charge on any atom is 0.230 e. The van der Waals surface area contributed by atoms with Crippen molar-refractivity contribution >= 4 is 17.7 Å². The van der Waals surface area contributed by atoms with Gasteiger partial charge in [0.2, 0.25) is 5.91 Å². The normalized spacial score (nSPS) is 26.7. The average Bonchev–Trinajstić information content (AvgIpc) is 2.47. The third kappa shape index (κ3) is 4.89. The molecule has 0 bridgehead atoms. The van der Waals surface area contributed by atoms with Gasteiger partial charge >= 0.3 is 0 Å². The van der Waals surface area contributed by atoms with Crippen molar-refractivity contribution in [3.8, 4) is 0 Å². The second-order valence-corrected chi connectivity index (χ2v) is 7.24. The van der Waals surface area contributed by atoms with Gasteiger partial charge in [-0.25, -0.2) is 0 Å². The molecular formula is C11H22N2OS. The summed E-state index contributed by atoms with van der Waals surface area (Å²) >= 11 is 1.69. The predicted octanol–water partition coefficient (Wildman–Crippen LogP) is 1.39. The van der Waals surface area contributed by atoms with Gasteiger partial charge in [-0.05, 0) is 19.9 Å². The molecule has 1 aliphatic heterocycles. The summed E-state index contributed by atoms with van der Waals surface area (Å²) < 4.78 is 0.159. The highest BCUT2D eigenvalue weighted by molar-refractivity contribution is 8.01. The van der Waals surface area contributed by atoms with Crippen molar-refractivity contribution in [3.63, 3.8) is 0 Å². The summed E-state index contributed by atoms with van der Waals surface area (Å²) in [6.07, 6.45) is 1.03. The smallest absolute Gasteiger partial charge is 0.230 e. The van der Waals surface area contributed by atoms with E-state index >= 15 is 0 Å². The Labute approximate surface area is 96.8 Å². The highest BCUT2D eigenvalue weighted by atomic mass is 32.2. The molecular weight excluding hydrogens is 208 g/mol. The Bertz CT molecular complexity index is 229. The van der Waals surface area contributed by atoms with E-state index in [1.165, 1.54) is 0 Å². The zero-order valence-corrected chi connectivity index (χ0v) is 11.0. The lowest BCUT2D eigenvalue weighted by molar-refractivity contribution is -0.120. The van der Waals surface area contributed by atoms with Crippen molar-refractivity contribution in [2.75, 3.05) is 18.8 Å². The summed E-state index contributed by atoms with van der Waals surface area (Å²) in [5.74, 6) is 0.708. The molecule has 0 aromatic heterocycles. The van der Waals surface area contributed by atoms with Crippen molar-refractivity contribution < 1.29 is 4.79 Å². The predicted molar refractivity (Wildman–Crippen MR) is 66.2 cm³/mol.